The molecule has 0 radical (unpaired) electrons. The van der Waals surface area contributed by atoms with Gasteiger partial charge in [-0.25, -0.2) is 22.0 Å². The first kappa shape index (κ1) is 31.5. The van der Waals surface area contributed by atoms with E-state index in [2.05, 4.69) is 10.2 Å². The molecular formula is C32H31F5N2O6. The minimum Gasteiger partial charge on any atom is -0.392 e. The van der Waals surface area contributed by atoms with E-state index >= 15 is 0 Å². The van der Waals surface area contributed by atoms with Crippen molar-refractivity contribution in [2.45, 2.75) is 50.2 Å². The Morgan fingerprint density at radius 2 is 1.40 bits per heavy atom. The predicted octanol–water partition coefficient (Wildman–Crippen LogP) is 5.51. The SMILES string of the molecule is O=C(Nc1ccc([C@@H]2O[C@H](CN3CCC4(CC3)OCCO4)C[C@H](c3ccc(CO)cc3)O2)cc1)c1c(F)c(F)c(F)c(F)c1F. The van der Waals surface area contributed by atoms with E-state index in [1.165, 1.54) is 12.1 Å². The van der Waals surface area contributed by atoms with Gasteiger partial charge in [-0.05, 0) is 23.3 Å². The zero-order chi connectivity index (χ0) is 31.7. The van der Waals surface area contributed by atoms with E-state index in [0.29, 0.717) is 31.7 Å². The van der Waals surface area contributed by atoms with Crippen molar-refractivity contribution in [3.63, 3.8) is 0 Å². The van der Waals surface area contributed by atoms with E-state index in [1.807, 2.05) is 24.3 Å². The Kier molecular flexibility index (Phi) is 9.18. The van der Waals surface area contributed by atoms with Crippen molar-refractivity contribution in [1.29, 1.82) is 0 Å². The second-order valence-electron chi connectivity index (χ2n) is 11.3. The standard InChI is InChI=1S/C32H31F5N2O6/c33-25-24(26(34)28(36)29(37)27(25)35)30(41)38-21-7-5-20(6-8-21)31-44-22(15-23(45-31)19-3-1-18(17-40)2-4-19)16-39-11-9-32(10-12-39)42-13-14-43-32/h1-8,22-23,31,40H,9-17H2,(H,38,41)/t22-,23+,31+/m0/s1. The zero-order valence-electron chi connectivity index (χ0n) is 24.0. The summed E-state index contributed by atoms with van der Waals surface area (Å²) >= 11 is 0. The second kappa shape index (κ2) is 13.1. The molecule has 3 fully saturated rings. The molecular weight excluding hydrogens is 603 g/mol. The van der Waals surface area contributed by atoms with Gasteiger partial charge in [-0.1, -0.05) is 36.4 Å². The molecule has 8 nitrogen and oxygen atoms in total. The molecule has 0 aliphatic carbocycles. The molecule has 1 spiro atoms. The van der Waals surface area contributed by atoms with Crippen molar-refractivity contribution < 1.29 is 50.8 Å². The summed E-state index contributed by atoms with van der Waals surface area (Å²) in [6.07, 6.45) is 0.698. The van der Waals surface area contributed by atoms with Gasteiger partial charge in [-0.3, -0.25) is 4.79 Å². The molecule has 3 aromatic rings. The van der Waals surface area contributed by atoms with Gasteiger partial charge < -0.3 is 34.3 Å². The van der Waals surface area contributed by atoms with Crippen LogP contribution < -0.4 is 5.32 Å². The van der Waals surface area contributed by atoms with Crippen LogP contribution in [0.3, 0.4) is 0 Å². The number of piperidine rings is 1. The molecule has 1 amide bonds. The summed E-state index contributed by atoms with van der Waals surface area (Å²) in [4.78, 5) is 14.8. The number of carbonyl (C=O) groups excluding carboxylic acids is 1. The maximum atomic E-state index is 14.1. The van der Waals surface area contributed by atoms with Gasteiger partial charge in [0.1, 0.15) is 5.56 Å². The van der Waals surface area contributed by atoms with Gasteiger partial charge in [0.25, 0.3) is 5.91 Å². The van der Waals surface area contributed by atoms with Crippen molar-refractivity contribution in [2.75, 3.05) is 38.2 Å². The number of amides is 1. The number of rotatable bonds is 7. The Bertz CT molecular complexity index is 1500. The fourth-order valence-corrected chi connectivity index (χ4v) is 5.90. The van der Waals surface area contributed by atoms with Gasteiger partial charge in [0, 0.05) is 50.1 Å². The highest BCUT2D eigenvalue weighted by Crippen LogP contribution is 2.39. The number of aliphatic hydroxyl groups excluding tert-OH is 1. The average molecular weight is 635 g/mol. The maximum Gasteiger partial charge on any atom is 0.261 e. The van der Waals surface area contributed by atoms with Crippen LogP contribution in [0.25, 0.3) is 0 Å². The molecule has 0 aromatic heterocycles. The predicted molar refractivity (Wildman–Crippen MR) is 149 cm³/mol. The summed E-state index contributed by atoms with van der Waals surface area (Å²) in [5.41, 5.74) is 0.719. The number of halogens is 5. The number of nitrogens with one attached hydrogen (secondary N) is 1. The van der Waals surface area contributed by atoms with E-state index in [1.54, 1.807) is 12.1 Å². The topological polar surface area (TPSA) is 89.5 Å². The number of benzene rings is 3. The number of likely N-dealkylation sites (tertiary alicyclic amines) is 1. The quantitative estimate of drug-likeness (QED) is 0.201. The normalized spacial score (nSPS) is 23.4. The van der Waals surface area contributed by atoms with Gasteiger partial charge >= 0.3 is 0 Å². The molecule has 6 rings (SSSR count). The number of anilines is 1. The van der Waals surface area contributed by atoms with Gasteiger partial charge in [-0.2, -0.15) is 0 Å². The number of hydrogen-bond acceptors (Lipinski definition) is 7. The van der Waals surface area contributed by atoms with Crippen molar-refractivity contribution in [3.8, 4) is 0 Å². The van der Waals surface area contributed by atoms with Crippen LogP contribution in [0.5, 0.6) is 0 Å². The van der Waals surface area contributed by atoms with E-state index < -0.39 is 52.6 Å². The monoisotopic (exact) mass is 634 g/mol. The van der Waals surface area contributed by atoms with Crippen LogP contribution in [0.15, 0.2) is 48.5 Å². The molecule has 0 saturated carbocycles. The third kappa shape index (κ3) is 6.60. The van der Waals surface area contributed by atoms with Crippen molar-refractivity contribution in [3.05, 3.63) is 99.9 Å². The Labute approximate surface area is 255 Å². The highest BCUT2D eigenvalue weighted by Gasteiger charge is 2.41. The number of hydrogen-bond donors (Lipinski definition) is 2. The summed E-state index contributed by atoms with van der Waals surface area (Å²) in [7, 11) is 0. The molecule has 3 saturated heterocycles. The molecule has 3 atom stereocenters. The highest BCUT2D eigenvalue weighted by atomic mass is 19.2. The Hall–Kier alpha value is -3.46. The lowest BCUT2D eigenvalue weighted by Crippen LogP contribution is -2.48. The van der Waals surface area contributed by atoms with Crippen LogP contribution in [0.1, 0.15) is 58.7 Å². The van der Waals surface area contributed by atoms with Gasteiger partial charge in [0.15, 0.2) is 35.3 Å². The summed E-state index contributed by atoms with van der Waals surface area (Å²) in [6.45, 7) is 3.30. The molecule has 13 heteroatoms. The number of nitrogens with zero attached hydrogens (tertiary/aromatic N) is 1. The number of ether oxygens (including phenoxy) is 4. The maximum absolute atomic E-state index is 14.1. The second-order valence-corrected chi connectivity index (χ2v) is 11.3. The van der Waals surface area contributed by atoms with Crippen LogP contribution in [0.4, 0.5) is 27.6 Å². The van der Waals surface area contributed by atoms with Crippen molar-refractivity contribution in [2.24, 2.45) is 0 Å². The fraction of sp³-hybridized carbons (Fsp3) is 0.406. The third-order valence-corrected chi connectivity index (χ3v) is 8.39. The molecule has 3 heterocycles. The summed E-state index contributed by atoms with van der Waals surface area (Å²) in [5.74, 6) is -13.2. The number of carbonyl (C=O) groups is 1. The van der Waals surface area contributed by atoms with Crippen molar-refractivity contribution in [1.82, 2.24) is 4.90 Å². The first-order valence-corrected chi connectivity index (χ1v) is 14.6. The zero-order valence-corrected chi connectivity index (χ0v) is 24.0. The smallest absolute Gasteiger partial charge is 0.261 e. The van der Waals surface area contributed by atoms with Crippen LogP contribution in [-0.2, 0) is 25.6 Å². The minimum atomic E-state index is -2.35. The summed E-state index contributed by atoms with van der Waals surface area (Å²) < 4.78 is 93.3. The average Bonchev–Trinajstić information content (AvgIpc) is 3.52. The molecule has 0 bridgehead atoms. The molecule has 3 aliphatic heterocycles. The van der Waals surface area contributed by atoms with E-state index in [0.717, 1.165) is 37.1 Å². The van der Waals surface area contributed by atoms with Crippen molar-refractivity contribution >= 4 is 11.6 Å². The highest BCUT2D eigenvalue weighted by molar-refractivity contribution is 6.04. The molecule has 3 aromatic carbocycles. The molecule has 3 aliphatic rings. The van der Waals surface area contributed by atoms with Crippen LogP contribution in [-0.4, -0.2) is 60.7 Å². The van der Waals surface area contributed by atoms with Crippen LogP contribution in [0.2, 0.25) is 0 Å². The first-order valence-electron chi connectivity index (χ1n) is 14.6. The minimum absolute atomic E-state index is 0.0507. The van der Waals surface area contributed by atoms with Crippen LogP contribution >= 0.6 is 0 Å². The lowest BCUT2D eigenvalue weighted by molar-refractivity contribution is -0.255. The largest absolute Gasteiger partial charge is 0.392 e. The van der Waals surface area contributed by atoms with E-state index in [4.69, 9.17) is 18.9 Å². The fourth-order valence-electron chi connectivity index (χ4n) is 5.90. The van der Waals surface area contributed by atoms with Gasteiger partial charge in [-0.15, -0.1) is 0 Å². The molecule has 2 N–H and O–H groups in total. The Morgan fingerprint density at radius 3 is 2.00 bits per heavy atom. The van der Waals surface area contributed by atoms with E-state index in [-0.39, 0.29) is 24.5 Å². The van der Waals surface area contributed by atoms with Gasteiger partial charge in [0.2, 0.25) is 5.82 Å². The molecule has 240 valence electrons. The first-order chi connectivity index (χ1) is 21.7. The Balaban J connectivity index is 1.17. The lowest BCUT2D eigenvalue weighted by atomic mass is 9.98. The Morgan fingerprint density at radius 1 is 0.822 bits per heavy atom. The summed E-state index contributed by atoms with van der Waals surface area (Å²) in [5, 5.41) is 11.6. The molecule has 0 unspecified atom stereocenters. The lowest BCUT2D eigenvalue weighted by Gasteiger charge is -2.41. The van der Waals surface area contributed by atoms with Gasteiger partial charge in [0.05, 0.1) is 32.0 Å². The third-order valence-electron chi connectivity index (χ3n) is 8.39. The number of aliphatic hydroxyl groups is 1. The van der Waals surface area contributed by atoms with E-state index in [9.17, 15) is 31.9 Å². The van der Waals surface area contributed by atoms with Crippen LogP contribution in [0, 0.1) is 29.1 Å². The summed E-state index contributed by atoms with van der Waals surface area (Å²) in [6, 6.07) is 13.4. The molecule has 45 heavy (non-hydrogen) atoms.